The third kappa shape index (κ3) is 8.39. The molecule has 4 aromatic rings. The molecule has 210 valence electrons. The summed E-state index contributed by atoms with van der Waals surface area (Å²) in [7, 11) is 0. The molecule has 0 aliphatic carbocycles. The Morgan fingerprint density at radius 1 is 0.683 bits per heavy atom. The number of ether oxygens (including phenoxy) is 3. The van der Waals surface area contributed by atoms with E-state index in [0.29, 0.717) is 6.42 Å². The highest BCUT2D eigenvalue weighted by molar-refractivity contribution is 5.91. The van der Waals surface area contributed by atoms with Gasteiger partial charge in [-0.15, -0.1) is 0 Å². The average molecular weight is 551 g/mol. The maximum atomic E-state index is 12.6. The van der Waals surface area contributed by atoms with Crippen LogP contribution in [0.1, 0.15) is 38.3 Å². The summed E-state index contributed by atoms with van der Waals surface area (Å²) in [6.45, 7) is 4.94. The third-order valence-corrected chi connectivity index (χ3v) is 6.90. The van der Waals surface area contributed by atoms with Gasteiger partial charge >= 0.3 is 17.9 Å². The third-order valence-electron chi connectivity index (χ3n) is 6.90. The highest BCUT2D eigenvalue weighted by Gasteiger charge is 2.28. The zero-order chi connectivity index (χ0) is 29.2. The quantitative estimate of drug-likeness (QED) is 0.112. The Labute approximate surface area is 240 Å². The Morgan fingerprint density at radius 2 is 1.17 bits per heavy atom. The lowest BCUT2D eigenvalue weighted by atomic mass is 9.91. The fraction of sp³-hybridized carbons (Fsp3) is 0.229. The van der Waals surface area contributed by atoms with Crippen molar-refractivity contribution in [2.45, 2.75) is 33.3 Å². The first-order valence-corrected chi connectivity index (χ1v) is 13.6. The van der Waals surface area contributed by atoms with Gasteiger partial charge in [0, 0.05) is 12.2 Å². The SMILES string of the molecule is CCC(C)(C)C(=O)OCC(COC(=O)/C=C/c1ccc2ccccc2c1)OC(=O)/C=C/c1ccc2ccccc2c1. The van der Waals surface area contributed by atoms with Crippen molar-refractivity contribution in [2.75, 3.05) is 13.2 Å². The second kappa shape index (κ2) is 13.6. The molecule has 6 nitrogen and oxygen atoms in total. The molecular formula is C35H34O6. The molecule has 0 aromatic heterocycles. The molecule has 41 heavy (non-hydrogen) atoms. The van der Waals surface area contributed by atoms with E-state index >= 15 is 0 Å². The Kier molecular flexibility index (Phi) is 9.69. The number of hydrogen-bond acceptors (Lipinski definition) is 6. The van der Waals surface area contributed by atoms with E-state index in [1.54, 1.807) is 26.0 Å². The summed E-state index contributed by atoms with van der Waals surface area (Å²) in [4.78, 5) is 37.6. The highest BCUT2D eigenvalue weighted by atomic mass is 16.6. The number of rotatable bonds is 11. The second-order valence-electron chi connectivity index (χ2n) is 10.4. The summed E-state index contributed by atoms with van der Waals surface area (Å²) in [5.74, 6) is -1.67. The topological polar surface area (TPSA) is 78.9 Å². The normalized spacial score (nSPS) is 12.6. The number of benzene rings is 4. The summed E-state index contributed by atoms with van der Waals surface area (Å²) in [5.41, 5.74) is 0.987. The van der Waals surface area contributed by atoms with Crippen LogP contribution in [0.15, 0.2) is 97.1 Å². The van der Waals surface area contributed by atoms with Crippen LogP contribution in [-0.4, -0.2) is 37.2 Å². The van der Waals surface area contributed by atoms with Crippen molar-refractivity contribution in [3.05, 3.63) is 108 Å². The van der Waals surface area contributed by atoms with E-state index in [-0.39, 0.29) is 13.2 Å². The van der Waals surface area contributed by atoms with Crippen molar-refractivity contribution in [3.8, 4) is 0 Å². The average Bonchev–Trinajstić information content (AvgIpc) is 2.99. The van der Waals surface area contributed by atoms with Gasteiger partial charge in [0.15, 0.2) is 6.10 Å². The highest BCUT2D eigenvalue weighted by Crippen LogP contribution is 2.22. The number of hydrogen-bond donors (Lipinski definition) is 0. The van der Waals surface area contributed by atoms with E-state index < -0.39 is 29.4 Å². The molecule has 0 N–H and O–H groups in total. The van der Waals surface area contributed by atoms with Crippen molar-refractivity contribution in [3.63, 3.8) is 0 Å². The van der Waals surface area contributed by atoms with E-state index in [4.69, 9.17) is 14.2 Å². The molecule has 0 fully saturated rings. The fourth-order valence-electron chi connectivity index (χ4n) is 4.00. The first kappa shape index (κ1) is 29.3. The monoisotopic (exact) mass is 550 g/mol. The van der Waals surface area contributed by atoms with Gasteiger partial charge in [-0.2, -0.15) is 0 Å². The van der Waals surface area contributed by atoms with Crippen LogP contribution >= 0.6 is 0 Å². The number of esters is 3. The molecule has 0 heterocycles. The van der Waals surface area contributed by atoms with Gasteiger partial charge in [-0.1, -0.05) is 79.7 Å². The minimum Gasteiger partial charge on any atom is -0.461 e. The summed E-state index contributed by atoms with van der Waals surface area (Å²) in [5, 5.41) is 4.31. The number of fused-ring (bicyclic) bond motifs is 2. The number of carbonyl (C=O) groups excluding carboxylic acids is 3. The second-order valence-corrected chi connectivity index (χ2v) is 10.4. The van der Waals surface area contributed by atoms with Crippen LogP contribution < -0.4 is 0 Å². The Morgan fingerprint density at radius 3 is 1.71 bits per heavy atom. The summed E-state index contributed by atoms with van der Waals surface area (Å²) in [6.07, 6.45) is 5.53. The summed E-state index contributed by atoms with van der Waals surface area (Å²) >= 11 is 0. The minimum absolute atomic E-state index is 0.237. The van der Waals surface area contributed by atoms with E-state index in [9.17, 15) is 14.4 Å². The standard InChI is InChI=1S/C35H34O6/c1-4-35(2,3)34(38)40-24-31(41-33(37)20-16-26-14-18-28-10-6-8-12-30(28)22-26)23-39-32(36)19-15-25-13-17-27-9-5-7-11-29(27)21-25/h5-22,31H,4,23-24H2,1-3H3/b19-15+,20-16+. The Balaban J connectivity index is 1.38. The molecule has 4 rings (SSSR count). The van der Waals surface area contributed by atoms with Gasteiger partial charge < -0.3 is 14.2 Å². The van der Waals surface area contributed by atoms with Crippen molar-refractivity contribution in [1.29, 1.82) is 0 Å². The van der Waals surface area contributed by atoms with Crippen LogP contribution in [0.3, 0.4) is 0 Å². The van der Waals surface area contributed by atoms with Crippen LogP contribution in [0, 0.1) is 5.41 Å². The zero-order valence-electron chi connectivity index (χ0n) is 23.5. The molecule has 0 spiro atoms. The lowest BCUT2D eigenvalue weighted by molar-refractivity contribution is -0.167. The maximum absolute atomic E-state index is 12.6. The largest absolute Gasteiger partial charge is 0.461 e. The van der Waals surface area contributed by atoms with Crippen LogP contribution in [0.5, 0.6) is 0 Å². The molecule has 0 bridgehead atoms. The van der Waals surface area contributed by atoms with Crippen LogP contribution in [0.25, 0.3) is 33.7 Å². The molecular weight excluding hydrogens is 516 g/mol. The van der Waals surface area contributed by atoms with Gasteiger partial charge in [-0.3, -0.25) is 4.79 Å². The van der Waals surface area contributed by atoms with Gasteiger partial charge in [0.05, 0.1) is 5.41 Å². The van der Waals surface area contributed by atoms with Gasteiger partial charge in [-0.25, -0.2) is 9.59 Å². The molecule has 0 aliphatic heterocycles. The van der Waals surface area contributed by atoms with Gasteiger partial charge in [0.2, 0.25) is 0 Å². The summed E-state index contributed by atoms with van der Waals surface area (Å²) in [6, 6.07) is 27.6. The molecule has 1 unspecified atom stereocenters. The van der Waals surface area contributed by atoms with Crippen molar-refractivity contribution in [2.24, 2.45) is 5.41 Å². The molecule has 0 saturated heterocycles. The van der Waals surface area contributed by atoms with Gasteiger partial charge in [0.1, 0.15) is 13.2 Å². The van der Waals surface area contributed by atoms with E-state index in [1.807, 2.05) is 91.9 Å². The molecule has 0 saturated carbocycles. The maximum Gasteiger partial charge on any atom is 0.331 e. The van der Waals surface area contributed by atoms with Crippen LogP contribution in [-0.2, 0) is 28.6 Å². The Bertz CT molecular complexity index is 1600. The predicted octanol–water partition coefficient (Wildman–Crippen LogP) is 7.15. The first-order valence-electron chi connectivity index (χ1n) is 13.6. The molecule has 4 aromatic carbocycles. The fourth-order valence-corrected chi connectivity index (χ4v) is 4.00. The van der Waals surface area contributed by atoms with E-state index in [2.05, 4.69) is 0 Å². The van der Waals surface area contributed by atoms with Crippen LogP contribution in [0.4, 0.5) is 0 Å². The molecule has 0 aliphatic rings. The van der Waals surface area contributed by atoms with E-state index in [1.165, 1.54) is 12.2 Å². The van der Waals surface area contributed by atoms with Gasteiger partial charge in [0.25, 0.3) is 0 Å². The lowest BCUT2D eigenvalue weighted by Gasteiger charge is -2.23. The zero-order valence-corrected chi connectivity index (χ0v) is 23.5. The molecule has 6 heteroatoms. The minimum atomic E-state index is -0.974. The van der Waals surface area contributed by atoms with Crippen LogP contribution in [0.2, 0.25) is 0 Å². The first-order chi connectivity index (χ1) is 19.7. The van der Waals surface area contributed by atoms with Gasteiger partial charge in [-0.05, 0) is 77.2 Å². The Hall–Kier alpha value is -4.71. The molecule has 0 amide bonds. The number of carbonyl (C=O) groups is 3. The van der Waals surface area contributed by atoms with Crippen molar-refractivity contribution in [1.82, 2.24) is 0 Å². The predicted molar refractivity (Wildman–Crippen MR) is 162 cm³/mol. The smallest absolute Gasteiger partial charge is 0.331 e. The molecule has 1 atom stereocenters. The molecule has 0 radical (unpaired) electrons. The summed E-state index contributed by atoms with van der Waals surface area (Å²) < 4.78 is 16.3. The van der Waals surface area contributed by atoms with Crippen molar-refractivity contribution < 1.29 is 28.6 Å². The van der Waals surface area contributed by atoms with Crippen molar-refractivity contribution >= 4 is 51.6 Å². The van der Waals surface area contributed by atoms with E-state index in [0.717, 1.165) is 32.7 Å². The lowest BCUT2D eigenvalue weighted by Crippen LogP contribution is -2.33.